The molecule has 0 saturated carbocycles. The molecule has 0 fully saturated rings. The molecule has 190 valence electrons. The van der Waals surface area contributed by atoms with Crippen molar-refractivity contribution in [2.75, 3.05) is 20.8 Å². The van der Waals surface area contributed by atoms with Crippen molar-refractivity contribution in [1.29, 1.82) is 0 Å². The Morgan fingerprint density at radius 1 is 1.06 bits per heavy atom. The number of dihydropyridines is 1. The Labute approximate surface area is 211 Å². The van der Waals surface area contributed by atoms with Crippen LogP contribution >= 0.6 is 0 Å². The van der Waals surface area contributed by atoms with E-state index in [2.05, 4.69) is 5.32 Å². The van der Waals surface area contributed by atoms with Gasteiger partial charge in [0.15, 0.2) is 17.3 Å². The summed E-state index contributed by atoms with van der Waals surface area (Å²) in [7, 11) is 3.09. The quantitative estimate of drug-likeness (QED) is 0.528. The molecule has 0 unspecified atom stereocenters. The molecule has 0 spiro atoms. The summed E-state index contributed by atoms with van der Waals surface area (Å²) in [6, 6.07) is 12.7. The number of methoxy groups -OCH3 is 2. The largest absolute Gasteiger partial charge is 0.504 e. The van der Waals surface area contributed by atoms with E-state index in [0.29, 0.717) is 35.2 Å². The van der Waals surface area contributed by atoms with E-state index in [-0.39, 0.29) is 35.7 Å². The zero-order valence-corrected chi connectivity index (χ0v) is 21.4. The number of allylic oxidation sites excluding steroid dienone is 3. The van der Waals surface area contributed by atoms with Gasteiger partial charge in [0.2, 0.25) is 0 Å². The number of esters is 1. The third kappa shape index (κ3) is 4.96. The molecule has 7 nitrogen and oxygen atoms in total. The fourth-order valence-electron chi connectivity index (χ4n) is 4.95. The van der Waals surface area contributed by atoms with Crippen molar-refractivity contribution < 1.29 is 28.9 Å². The zero-order valence-electron chi connectivity index (χ0n) is 21.4. The van der Waals surface area contributed by atoms with E-state index < -0.39 is 11.9 Å². The highest BCUT2D eigenvalue weighted by atomic mass is 16.5. The van der Waals surface area contributed by atoms with Crippen molar-refractivity contribution in [2.45, 2.75) is 45.4 Å². The first-order valence-electron chi connectivity index (χ1n) is 12.2. The van der Waals surface area contributed by atoms with Crippen LogP contribution in [0.3, 0.4) is 0 Å². The second kappa shape index (κ2) is 10.5. The molecule has 0 saturated heterocycles. The van der Waals surface area contributed by atoms with Gasteiger partial charge in [0.05, 0.1) is 26.4 Å². The Morgan fingerprint density at radius 3 is 2.39 bits per heavy atom. The summed E-state index contributed by atoms with van der Waals surface area (Å²) in [5.74, 6) is 0.108. The number of ether oxygens (including phenoxy) is 3. The Balaban J connectivity index is 1.77. The molecule has 1 aliphatic carbocycles. The molecular formula is C29H33NO6. The average Bonchev–Trinajstić information content (AvgIpc) is 2.86. The lowest BCUT2D eigenvalue weighted by molar-refractivity contribution is -0.140. The van der Waals surface area contributed by atoms with Gasteiger partial charge >= 0.3 is 5.97 Å². The van der Waals surface area contributed by atoms with Gasteiger partial charge in [0.25, 0.3) is 0 Å². The molecule has 2 aromatic rings. The Bertz CT molecular complexity index is 1220. The van der Waals surface area contributed by atoms with Gasteiger partial charge in [-0.2, -0.15) is 0 Å². The number of phenols is 1. The van der Waals surface area contributed by atoms with E-state index in [1.807, 2.05) is 45.0 Å². The highest BCUT2D eigenvalue weighted by Crippen LogP contribution is 2.47. The van der Waals surface area contributed by atoms with E-state index in [0.717, 1.165) is 17.0 Å². The normalized spacial score (nSPS) is 19.7. The van der Waals surface area contributed by atoms with Crippen LogP contribution in [0.1, 0.15) is 56.6 Å². The molecular weight excluding hydrogens is 458 g/mol. The van der Waals surface area contributed by atoms with E-state index in [1.54, 1.807) is 19.2 Å². The molecule has 2 aliphatic rings. The molecule has 0 radical (unpaired) electrons. The van der Waals surface area contributed by atoms with E-state index in [4.69, 9.17) is 14.2 Å². The van der Waals surface area contributed by atoms with Gasteiger partial charge in [0, 0.05) is 29.3 Å². The number of ketones is 1. The Hall–Kier alpha value is -3.74. The Kier molecular flexibility index (Phi) is 7.38. The summed E-state index contributed by atoms with van der Waals surface area (Å²) in [6.45, 7) is 6.06. The monoisotopic (exact) mass is 491 g/mol. The summed E-state index contributed by atoms with van der Waals surface area (Å²) in [4.78, 5) is 27.0. The van der Waals surface area contributed by atoms with E-state index in [9.17, 15) is 14.7 Å². The number of Topliss-reactive ketones (excluding diaryl/α,β-unsaturated/α-hetero) is 1. The maximum atomic E-state index is 13.7. The third-order valence-electron chi connectivity index (χ3n) is 6.72. The molecule has 2 aromatic carbocycles. The van der Waals surface area contributed by atoms with Crippen molar-refractivity contribution >= 4 is 11.8 Å². The number of rotatable bonds is 7. The van der Waals surface area contributed by atoms with Gasteiger partial charge in [-0.1, -0.05) is 32.0 Å². The molecule has 36 heavy (non-hydrogen) atoms. The highest BCUT2D eigenvalue weighted by Gasteiger charge is 2.41. The van der Waals surface area contributed by atoms with Crippen molar-refractivity contribution in [1.82, 2.24) is 5.32 Å². The van der Waals surface area contributed by atoms with Crippen LogP contribution in [0, 0.1) is 5.92 Å². The topological polar surface area (TPSA) is 94.1 Å². The van der Waals surface area contributed by atoms with Crippen LogP contribution in [0.4, 0.5) is 0 Å². The molecule has 0 amide bonds. The summed E-state index contributed by atoms with van der Waals surface area (Å²) in [5.41, 5.74) is 4.17. The number of hydrogen-bond acceptors (Lipinski definition) is 7. The van der Waals surface area contributed by atoms with Crippen LogP contribution in [-0.2, 0) is 14.3 Å². The molecule has 7 heteroatoms. The summed E-state index contributed by atoms with van der Waals surface area (Å²) < 4.78 is 16.2. The third-order valence-corrected chi connectivity index (χ3v) is 6.72. The summed E-state index contributed by atoms with van der Waals surface area (Å²) in [5, 5.41) is 13.5. The predicted molar refractivity (Wildman–Crippen MR) is 136 cm³/mol. The van der Waals surface area contributed by atoms with Gasteiger partial charge in [0.1, 0.15) is 5.75 Å². The van der Waals surface area contributed by atoms with Gasteiger partial charge in [-0.3, -0.25) is 4.79 Å². The van der Waals surface area contributed by atoms with Crippen molar-refractivity contribution in [2.24, 2.45) is 5.92 Å². The molecule has 1 aliphatic heterocycles. The first-order valence-corrected chi connectivity index (χ1v) is 12.2. The fraction of sp³-hybridized carbons (Fsp3) is 0.379. The summed E-state index contributed by atoms with van der Waals surface area (Å²) in [6.07, 6.45) is 0.955. The molecule has 2 N–H and O–H groups in total. The minimum Gasteiger partial charge on any atom is -0.504 e. The van der Waals surface area contributed by atoms with E-state index >= 15 is 0 Å². The van der Waals surface area contributed by atoms with Crippen LogP contribution in [-0.4, -0.2) is 37.7 Å². The lowest BCUT2D eigenvalue weighted by Gasteiger charge is -2.37. The van der Waals surface area contributed by atoms with Gasteiger partial charge in [-0.25, -0.2) is 4.79 Å². The van der Waals surface area contributed by atoms with Gasteiger partial charge in [-0.15, -0.1) is 0 Å². The minimum absolute atomic E-state index is 0.00639. The Morgan fingerprint density at radius 2 is 1.75 bits per heavy atom. The van der Waals surface area contributed by atoms with E-state index in [1.165, 1.54) is 13.2 Å². The standard InChI is InChI=1S/C29H33NO6/c1-16(2)15-36-29(33)26-17(3)30-22-12-20(18-6-9-21(34-4)10-7-18)13-24(32)28(22)27(26)19-8-11-23(31)25(14-19)35-5/h6-11,14,16,20,27,30-31H,12-13,15H2,1-5H3/t20-,27-/m1/s1. The SMILES string of the molecule is COc1ccc([C@H]2CC(=O)C3=C(C2)NC(C)=C(C(=O)OCC(C)C)[C@H]3c2ccc(O)c(OC)c2)cc1. The second-order valence-electron chi connectivity index (χ2n) is 9.71. The molecule has 2 atom stereocenters. The van der Waals surface area contributed by atoms with Crippen LogP contribution < -0.4 is 14.8 Å². The maximum absolute atomic E-state index is 13.7. The van der Waals surface area contributed by atoms with Gasteiger partial charge in [-0.05, 0) is 60.6 Å². The van der Waals surface area contributed by atoms with Crippen LogP contribution in [0.25, 0.3) is 0 Å². The molecule has 0 aromatic heterocycles. The fourth-order valence-corrected chi connectivity index (χ4v) is 4.95. The van der Waals surface area contributed by atoms with Crippen molar-refractivity contribution in [3.63, 3.8) is 0 Å². The van der Waals surface area contributed by atoms with Crippen LogP contribution in [0.2, 0.25) is 0 Å². The van der Waals surface area contributed by atoms with Crippen LogP contribution in [0.5, 0.6) is 17.2 Å². The second-order valence-corrected chi connectivity index (χ2v) is 9.71. The first kappa shape index (κ1) is 25.4. The molecule has 4 rings (SSSR count). The number of carbonyl (C=O) groups is 2. The number of benzene rings is 2. The highest BCUT2D eigenvalue weighted by molar-refractivity contribution is 6.04. The smallest absolute Gasteiger partial charge is 0.336 e. The number of hydrogen-bond donors (Lipinski definition) is 2. The predicted octanol–water partition coefficient (Wildman–Crippen LogP) is 4.97. The van der Waals surface area contributed by atoms with Crippen LogP contribution in [0.15, 0.2) is 65.0 Å². The first-order chi connectivity index (χ1) is 17.2. The maximum Gasteiger partial charge on any atom is 0.336 e. The van der Waals surface area contributed by atoms with Gasteiger partial charge < -0.3 is 24.6 Å². The molecule has 0 bridgehead atoms. The lowest BCUT2D eigenvalue weighted by atomic mass is 9.71. The lowest BCUT2D eigenvalue weighted by Crippen LogP contribution is -2.36. The number of aromatic hydroxyl groups is 1. The minimum atomic E-state index is -0.625. The summed E-state index contributed by atoms with van der Waals surface area (Å²) >= 11 is 0. The number of carbonyl (C=O) groups excluding carboxylic acids is 2. The zero-order chi connectivity index (χ0) is 26.0. The number of nitrogens with one attached hydrogen (secondary N) is 1. The van der Waals surface area contributed by atoms with Crippen molar-refractivity contribution in [3.05, 3.63) is 76.1 Å². The van der Waals surface area contributed by atoms with Crippen molar-refractivity contribution in [3.8, 4) is 17.2 Å². The number of phenolic OH excluding ortho intramolecular Hbond substituents is 1. The molecule has 1 heterocycles. The average molecular weight is 492 g/mol.